The molecular formula is C26H28N8O3. The Morgan fingerprint density at radius 2 is 1.89 bits per heavy atom. The first-order valence-electron chi connectivity index (χ1n) is 12.1. The summed E-state index contributed by atoms with van der Waals surface area (Å²) in [6, 6.07) is 9.36. The van der Waals surface area contributed by atoms with E-state index in [2.05, 4.69) is 30.4 Å². The van der Waals surface area contributed by atoms with E-state index in [4.69, 9.17) is 5.11 Å². The van der Waals surface area contributed by atoms with Gasteiger partial charge in [0.05, 0.1) is 12.4 Å². The second kappa shape index (κ2) is 10.7. The van der Waals surface area contributed by atoms with E-state index in [1.165, 1.54) is 6.07 Å². The van der Waals surface area contributed by atoms with Crippen LogP contribution in [0.1, 0.15) is 29.7 Å². The van der Waals surface area contributed by atoms with Crippen LogP contribution in [-0.2, 0) is 20.0 Å². The van der Waals surface area contributed by atoms with Gasteiger partial charge in [-0.1, -0.05) is 18.2 Å². The number of nitrogens with zero attached hydrogens (tertiary/aromatic N) is 7. The molecule has 0 aliphatic carbocycles. The third-order valence-corrected chi connectivity index (χ3v) is 6.42. The van der Waals surface area contributed by atoms with Gasteiger partial charge < -0.3 is 10.4 Å². The molecule has 0 radical (unpaired) electrons. The quantitative estimate of drug-likeness (QED) is 0.395. The first-order valence-corrected chi connectivity index (χ1v) is 12.1. The molecule has 1 aliphatic heterocycles. The zero-order chi connectivity index (χ0) is 25.8. The van der Waals surface area contributed by atoms with Crippen molar-refractivity contribution in [1.29, 1.82) is 0 Å². The Bertz CT molecular complexity index is 1440. The molecule has 1 aromatic carbocycles. The van der Waals surface area contributed by atoms with Crippen LogP contribution in [0.3, 0.4) is 0 Å². The van der Waals surface area contributed by atoms with Crippen molar-refractivity contribution in [2.75, 3.05) is 13.1 Å². The van der Waals surface area contributed by atoms with E-state index in [-0.39, 0.29) is 11.5 Å². The minimum atomic E-state index is -0.964. The van der Waals surface area contributed by atoms with Gasteiger partial charge in [0.25, 0.3) is 0 Å². The third-order valence-electron chi connectivity index (χ3n) is 6.42. The summed E-state index contributed by atoms with van der Waals surface area (Å²) < 4.78 is 3.34. The summed E-state index contributed by atoms with van der Waals surface area (Å²) in [5, 5.41) is 20.1. The zero-order valence-corrected chi connectivity index (χ0v) is 20.5. The summed E-state index contributed by atoms with van der Waals surface area (Å²) in [4.78, 5) is 34.7. The SMILES string of the molecule is Cn1cc(-n2ccc(=O)c(Cc3cccc(-c4ncc(CN5CCC(NC(=O)O)CC5)cn4)c3)n2)cn1. The Balaban J connectivity index is 1.25. The van der Waals surface area contributed by atoms with Gasteiger partial charge in [-0.25, -0.2) is 19.4 Å². The minimum Gasteiger partial charge on any atom is -0.465 e. The van der Waals surface area contributed by atoms with E-state index in [0.29, 0.717) is 17.9 Å². The van der Waals surface area contributed by atoms with Gasteiger partial charge in [0.2, 0.25) is 5.43 Å². The highest BCUT2D eigenvalue weighted by Gasteiger charge is 2.20. The maximum Gasteiger partial charge on any atom is 0.404 e. The molecule has 3 aromatic heterocycles. The number of aromatic nitrogens is 6. The average Bonchev–Trinajstić information content (AvgIpc) is 3.33. The number of rotatable bonds is 7. The minimum absolute atomic E-state index is 0.0176. The van der Waals surface area contributed by atoms with Crippen LogP contribution in [0, 0.1) is 0 Å². The van der Waals surface area contributed by atoms with Crippen molar-refractivity contribution in [1.82, 2.24) is 39.7 Å². The van der Waals surface area contributed by atoms with Crippen LogP contribution in [-0.4, -0.2) is 64.8 Å². The van der Waals surface area contributed by atoms with Gasteiger partial charge in [-0.3, -0.25) is 14.4 Å². The number of amides is 1. The van der Waals surface area contributed by atoms with E-state index in [0.717, 1.165) is 54.9 Å². The van der Waals surface area contributed by atoms with Gasteiger partial charge in [0.15, 0.2) is 5.82 Å². The molecule has 4 aromatic rings. The third kappa shape index (κ3) is 6.07. The Kier molecular flexibility index (Phi) is 7.04. The standard InChI is InChI=1S/C26H28N8O3/c1-32-17-22(15-29-32)34-10-7-24(35)23(31-34)12-18-3-2-4-20(11-18)25-27-13-19(14-28-25)16-33-8-5-21(6-9-33)30-26(36)37/h2-4,7,10-11,13-15,17,21,30H,5-6,8-9,12,16H2,1H3,(H,36,37). The summed E-state index contributed by atoms with van der Waals surface area (Å²) in [6.45, 7) is 2.37. The number of carboxylic acid groups (broad SMARTS) is 1. The van der Waals surface area contributed by atoms with Gasteiger partial charge in [-0.05, 0) is 24.5 Å². The van der Waals surface area contributed by atoms with Crippen LogP contribution in [0.15, 0.2) is 66.1 Å². The number of nitrogens with one attached hydrogen (secondary N) is 1. The maximum absolute atomic E-state index is 12.5. The van der Waals surface area contributed by atoms with Crippen molar-refractivity contribution in [2.45, 2.75) is 31.8 Å². The molecule has 0 bridgehead atoms. The predicted octanol–water partition coefficient (Wildman–Crippen LogP) is 2.25. The van der Waals surface area contributed by atoms with E-state index in [1.54, 1.807) is 21.8 Å². The highest BCUT2D eigenvalue weighted by molar-refractivity contribution is 5.64. The van der Waals surface area contributed by atoms with Crippen LogP contribution in [0.5, 0.6) is 0 Å². The molecule has 1 aliphatic rings. The Morgan fingerprint density at radius 1 is 1.11 bits per heavy atom. The van der Waals surface area contributed by atoms with Crippen molar-refractivity contribution in [3.63, 3.8) is 0 Å². The molecule has 0 saturated carbocycles. The van der Waals surface area contributed by atoms with Gasteiger partial charge in [0, 0.05) is 74.9 Å². The van der Waals surface area contributed by atoms with Crippen molar-refractivity contribution in [3.05, 3.63) is 88.4 Å². The normalized spacial score (nSPS) is 14.5. The Hall–Kier alpha value is -4.38. The number of piperidine rings is 1. The topological polar surface area (TPSA) is 131 Å². The molecule has 11 nitrogen and oxygen atoms in total. The van der Waals surface area contributed by atoms with E-state index >= 15 is 0 Å². The zero-order valence-electron chi connectivity index (χ0n) is 20.5. The summed E-state index contributed by atoms with van der Waals surface area (Å²) in [6.07, 6.45) is 9.85. The fourth-order valence-corrected chi connectivity index (χ4v) is 4.51. The van der Waals surface area contributed by atoms with Crippen LogP contribution < -0.4 is 10.7 Å². The Labute approximate surface area is 213 Å². The number of hydrogen-bond acceptors (Lipinski definition) is 7. The van der Waals surface area contributed by atoms with Crippen LogP contribution in [0.2, 0.25) is 0 Å². The number of hydrogen-bond donors (Lipinski definition) is 2. The number of aryl methyl sites for hydroxylation is 1. The highest BCUT2D eigenvalue weighted by atomic mass is 16.4. The molecule has 5 rings (SSSR count). The van der Waals surface area contributed by atoms with E-state index in [1.807, 2.05) is 49.9 Å². The summed E-state index contributed by atoms with van der Waals surface area (Å²) in [5.41, 5.74) is 3.93. The van der Waals surface area contributed by atoms with E-state index < -0.39 is 6.09 Å². The molecule has 190 valence electrons. The lowest BCUT2D eigenvalue weighted by Crippen LogP contribution is -2.43. The van der Waals surface area contributed by atoms with Crippen LogP contribution in [0.25, 0.3) is 17.1 Å². The van der Waals surface area contributed by atoms with Gasteiger partial charge in [-0.15, -0.1) is 0 Å². The fraction of sp³-hybridized carbons (Fsp3) is 0.308. The molecule has 0 spiro atoms. The fourth-order valence-electron chi connectivity index (χ4n) is 4.51. The molecule has 0 atom stereocenters. The van der Waals surface area contributed by atoms with Crippen molar-refractivity contribution in [2.24, 2.45) is 7.05 Å². The molecule has 0 unspecified atom stereocenters. The smallest absolute Gasteiger partial charge is 0.404 e. The van der Waals surface area contributed by atoms with Crippen LogP contribution in [0.4, 0.5) is 4.79 Å². The molecule has 2 N–H and O–H groups in total. The molecule has 1 amide bonds. The second-order valence-electron chi connectivity index (χ2n) is 9.24. The molecule has 37 heavy (non-hydrogen) atoms. The van der Waals surface area contributed by atoms with Crippen molar-refractivity contribution >= 4 is 6.09 Å². The summed E-state index contributed by atoms with van der Waals surface area (Å²) >= 11 is 0. The summed E-state index contributed by atoms with van der Waals surface area (Å²) in [7, 11) is 1.83. The van der Waals surface area contributed by atoms with Crippen LogP contribution >= 0.6 is 0 Å². The lowest BCUT2D eigenvalue weighted by Gasteiger charge is -2.31. The monoisotopic (exact) mass is 500 g/mol. The lowest BCUT2D eigenvalue weighted by molar-refractivity contribution is 0.165. The number of benzene rings is 1. The Morgan fingerprint density at radius 3 is 2.59 bits per heavy atom. The largest absolute Gasteiger partial charge is 0.465 e. The van der Waals surface area contributed by atoms with Gasteiger partial charge in [0.1, 0.15) is 11.4 Å². The van der Waals surface area contributed by atoms with Crippen molar-refractivity contribution in [3.8, 4) is 17.1 Å². The second-order valence-corrected chi connectivity index (χ2v) is 9.24. The number of likely N-dealkylation sites (tertiary alicyclic amines) is 1. The molecule has 1 fully saturated rings. The maximum atomic E-state index is 12.5. The highest BCUT2D eigenvalue weighted by Crippen LogP contribution is 2.19. The molecule has 4 heterocycles. The van der Waals surface area contributed by atoms with E-state index in [9.17, 15) is 9.59 Å². The van der Waals surface area contributed by atoms with Gasteiger partial charge >= 0.3 is 6.09 Å². The summed E-state index contributed by atoms with van der Waals surface area (Å²) in [5.74, 6) is 0.615. The lowest BCUT2D eigenvalue weighted by atomic mass is 10.0. The number of carbonyl (C=O) groups is 1. The average molecular weight is 501 g/mol. The first kappa shape index (κ1) is 24.3. The van der Waals surface area contributed by atoms with Gasteiger partial charge in [-0.2, -0.15) is 10.2 Å². The molecule has 11 heteroatoms. The molecular weight excluding hydrogens is 472 g/mol. The molecule has 1 saturated heterocycles. The van der Waals surface area contributed by atoms with Crippen molar-refractivity contribution < 1.29 is 9.90 Å². The predicted molar refractivity (Wildman–Crippen MR) is 136 cm³/mol. The first-order chi connectivity index (χ1) is 17.9.